The Hall–Kier alpha value is -1.49. The van der Waals surface area contributed by atoms with Crippen LogP contribution in [0.4, 0.5) is 17.6 Å². The summed E-state index contributed by atoms with van der Waals surface area (Å²) in [4.78, 5) is 29.6. The summed E-state index contributed by atoms with van der Waals surface area (Å²) in [5, 5.41) is 14.1. The molecule has 0 aromatic carbocycles. The van der Waals surface area contributed by atoms with Gasteiger partial charge < -0.3 is 41.7 Å². The molecule has 2 fully saturated rings. The number of aromatic nitrogens is 2. The van der Waals surface area contributed by atoms with Crippen LogP contribution in [-0.4, -0.2) is 83.8 Å². The normalized spacial score (nSPS) is 21.1. The zero-order chi connectivity index (χ0) is 29.5. The molecular formula is C29H57N8O3P. The third-order valence-corrected chi connectivity index (χ3v) is 9.56. The van der Waals surface area contributed by atoms with Crippen molar-refractivity contribution in [3.8, 4) is 0 Å². The quantitative estimate of drug-likeness (QED) is 0.0924. The lowest BCUT2D eigenvalue weighted by Crippen LogP contribution is -2.43. The van der Waals surface area contributed by atoms with Crippen LogP contribution < -0.4 is 31.9 Å². The Kier molecular flexibility index (Phi) is 15.1. The molecule has 1 unspecified atom stereocenters. The average Bonchev–Trinajstić information content (AvgIpc) is 2.95. The Morgan fingerprint density at radius 3 is 2.34 bits per heavy atom. The van der Waals surface area contributed by atoms with E-state index in [-0.39, 0.29) is 18.7 Å². The molecule has 1 atom stereocenters. The third-order valence-electron chi connectivity index (χ3n) is 8.76. The van der Waals surface area contributed by atoms with E-state index < -0.39 is 7.60 Å². The number of rotatable bonds is 19. The molecule has 0 bridgehead atoms. The highest BCUT2D eigenvalue weighted by Gasteiger charge is 2.22. The second-order valence-electron chi connectivity index (χ2n) is 12.0. The summed E-state index contributed by atoms with van der Waals surface area (Å²) in [7, 11) is -4.00. The molecule has 2 saturated carbocycles. The van der Waals surface area contributed by atoms with Crippen LogP contribution in [0.3, 0.4) is 0 Å². The molecule has 41 heavy (non-hydrogen) atoms. The molecule has 0 spiro atoms. The molecule has 12 heteroatoms. The van der Waals surface area contributed by atoms with Gasteiger partial charge in [-0.15, -0.1) is 0 Å². The Balaban J connectivity index is 1.36. The molecule has 1 heterocycles. The van der Waals surface area contributed by atoms with Crippen LogP contribution in [0.5, 0.6) is 0 Å². The number of anilines is 3. The minimum Gasteiger partial charge on any atom is -0.383 e. The van der Waals surface area contributed by atoms with Gasteiger partial charge in [0.05, 0.1) is 6.16 Å². The van der Waals surface area contributed by atoms with Crippen molar-refractivity contribution in [3.63, 3.8) is 0 Å². The van der Waals surface area contributed by atoms with E-state index in [4.69, 9.17) is 20.5 Å². The summed E-state index contributed by atoms with van der Waals surface area (Å²) in [5.74, 6) is 3.16. The van der Waals surface area contributed by atoms with Gasteiger partial charge in [0.15, 0.2) is 0 Å². The van der Waals surface area contributed by atoms with Crippen LogP contribution in [0.2, 0.25) is 0 Å². The lowest BCUT2D eigenvalue weighted by Gasteiger charge is -2.32. The first-order chi connectivity index (χ1) is 19.8. The van der Waals surface area contributed by atoms with Gasteiger partial charge in [-0.1, -0.05) is 26.2 Å². The van der Waals surface area contributed by atoms with E-state index >= 15 is 0 Å². The third kappa shape index (κ3) is 13.1. The highest BCUT2D eigenvalue weighted by atomic mass is 31.2. The maximum absolute atomic E-state index is 11.1. The summed E-state index contributed by atoms with van der Waals surface area (Å²) in [5.41, 5.74) is 6.17. The van der Waals surface area contributed by atoms with Gasteiger partial charge in [0, 0.05) is 44.3 Å². The largest absolute Gasteiger partial charge is 0.383 e. The monoisotopic (exact) mass is 596 g/mol. The molecule has 0 radical (unpaired) electrons. The first kappa shape index (κ1) is 34.0. The van der Waals surface area contributed by atoms with E-state index in [0.29, 0.717) is 24.2 Å². The van der Waals surface area contributed by atoms with E-state index in [9.17, 15) is 4.57 Å². The molecule has 11 nitrogen and oxygen atoms in total. The molecule has 1 aromatic heterocycles. The van der Waals surface area contributed by atoms with Gasteiger partial charge >= 0.3 is 7.60 Å². The highest BCUT2D eigenvalue weighted by molar-refractivity contribution is 7.51. The van der Waals surface area contributed by atoms with Gasteiger partial charge in [0.25, 0.3) is 0 Å². The number of nitrogen functional groups attached to an aromatic ring is 1. The number of likely N-dealkylation sites (N-methyl/N-ethyl adjacent to an activating group) is 1. The molecule has 3 rings (SSSR count). The van der Waals surface area contributed by atoms with E-state index in [1.807, 2.05) is 0 Å². The molecule has 2 aliphatic rings. The van der Waals surface area contributed by atoms with Crippen molar-refractivity contribution in [3.05, 3.63) is 6.07 Å². The fourth-order valence-corrected chi connectivity index (χ4v) is 6.71. The van der Waals surface area contributed by atoms with Gasteiger partial charge in [-0.25, -0.2) is 0 Å². The lowest BCUT2D eigenvalue weighted by molar-refractivity contribution is 0.275. The summed E-state index contributed by atoms with van der Waals surface area (Å²) < 4.78 is 11.1. The molecule has 8 N–H and O–H groups in total. The van der Waals surface area contributed by atoms with Crippen LogP contribution in [0.25, 0.3) is 0 Å². The van der Waals surface area contributed by atoms with Crippen LogP contribution in [-0.2, 0) is 4.57 Å². The Morgan fingerprint density at radius 2 is 1.68 bits per heavy atom. The number of nitrogens with one attached hydrogen (secondary N) is 4. The minimum absolute atomic E-state index is 0.121. The van der Waals surface area contributed by atoms with Gasteiger partial charge in [-0.2, -0.15) is 9.97 Å². The second kappa shape index (κ2) is 18.2. The molecule has 0 saturated heterocycles. The van der Waals surface area contributed by atoms with Crippen molar-refractivity contribution < 1.29 is 14.4 Å². The fraction of sp³-hybridized carbons (Fsp3) is 0.862. The predicted molar refractivity (Wildman–Crippen MR) is 170 cm³/mol. The van der Waals surface area contributed by atoms with Crippen molar-refractivity contribution in [2.45, 2.75) is 96.6 Å². The first-order valence-electron chi connectivity index (χ1n) is 16.1. The number of nitrogens with zero attached hydrogens (tertiary/aromatic N) is 3. The minimum atomic E-state index is -4.00. The second-order valence-corrected chi connectivity index (χ2v) is 13.8. The zero-order valence-corrected chi connectivity index (χ0v) is 26.4. The smallest absolute Gasteiger partial charge is 0.326 e. The average molecular weight is 597 g/mol. The molecule has 1 aromatic rings. The number of hydrogen-bond donors (Lipinski definition) is 7. The Labute approximate surface area is 247 Å². The lowest BCUT2D eigenvalue weighted by atomic mass is 9.82. The predicted octanol–water partition coefficient (Wildman–Crippen LogP) is 3.55. The van der Waals surface area contributed by atoms with Crippen molar-refractivity contribution in [2.75, 3.05) is 67.9 Å². The molecule has 0 aliphatic heterocycles. The van der Waals surface area contributed by atoms with Crippen molar-refractivity contribution in [2.24, 2.45) is 11.8 Å². The summed E-state index contributed by atoms with van der Waals surface area (Å²) in [6, 6.07) is 2.68. The van der Waals surface area contributed by atoms with Crippen LogP contribution in [0.1, 0.15) is 84.5 Å². The van der Waals surface area contributed by atoms with Crippen molar-refractivity contribution >= 4 is 25.2 Å². The Bertz CT molecular complexity index is 906. The van der Waals surface area contributed by atoms with Gasteiger partial charge in [0.1, 0.15) is 11.6 Å². The highest BCUT2D eigenvalue weighted by Crippen LogP contribution is 2.33. The standard InChI is InChI=1S/C29H57N8O3P/c1-3-26(22-32-17-18-41(38,39)40)37(4-2)28-19-27(30)35-29(36-28)34-21-24-13-11-23(12-14-24)20-31-15-8-16-33-25-9-6-5-7-10-25/h19,23-26,31-33H,3-18,20-22H2,1-2H3,(H2,38,39,40)(H3,30,34,35,36). The maximum Gasteiger partial charge on any atom is 0.326 e. The van der Waals surface area contributed by atoms with Gasteiger partial charge in [-0.3, -0.25) is 4.57 Å². The van der Waals surface area contributed by atoms with Crippen LogP contribution >= 0.6 is 7.60 Å². The topological polar surface area (TPSA) is 161 Å². The van der Waals surface area contributed by atoms with Crippen LogP contribution in [0, 0.1) is 11.8 Å². The van der Waals surface area contributed by atoms with Gasteiger partial charge in [0.2, 0.25) is 5.95 Å². The van der Waals surface area contributed by atoms with Gasteiger partial charge in [-0.05, 0) is 89.8 Å². The van der Waals surface area contributed by atoms with E-state index in [0.717, 1.165) is 56.9 Å². The summed E-state index contributed by atoms with van der Waals surface area (Å²) >= 11 is 0. The zero-order valence-electron chi connectivity index (χ0n) is 25.5. The molecular weight excluding hydrogens is 539 g/mol. The van der Waals surface area contributed by atoms with Crippen molar-refractivity contribution in [1.29, 1.82) is 0 Å². The fourth-order valence-electron chi connectivity index (χ4n) is 6.26. The molecule has 236 valence electrons. The van der Waals surface area contributed by atoms with E-state index in [1.54, 1.807) is 6.07 Å². The summed E-state index contributed by atoms with van der Waals surface area (Å²) in [6.07, 6.45) is 13.8. The summed E-state index contributed by atoms with van der Waals surface area (Å²) in [6.45, 7) is 10.0. The Morgan fingerprint density at radius 1 is 0.976 bits per heavy atom. The number of hydrogen-bond acceptors (Lipinski definition) is 9. The van der Waals surface area contributed by atoms with Crippen molar-refractivity contribution in [1.82, 2.24) is 25.9 Å². The van der Waals surface area contributed by atoms with E-state index in [1.165, 1.54) is 64.2 Å². The van der Waals surface area contributed by atoms with E-state index in [2.05, 4.69) is 45.0 Å². The molecule has 0 amide bonds. The SMILES string of the molecule is CCC(CNCCP(=O)(O)O)N(CC)c1cc(N)nc(NCC2CCC(CNCCCNC3CCCCC3)CC2)n1. The maximum atomic E-state index is 11.1. The van der Waals surface area contributed by atoms with Crippen LogP contribution in [0.15, 0.2) is 6.07 Å². The molecule has 2 aliphatic carbocycles. The number of nitrogens with two attached hydrogens (primary N) is 1. The first-order valence-corrected chi connectivity index (χ1v) is 17.9.